The molecule has 1 N–H and O–H groups in total. The summed E-state index contributed by atoms with van der Waals surface area (Å²) in [6.07, 6.45) is 1.79. The molecule has 2 amide bonds. The van der Waals surface area contributed by atoms with Crippen molar-refractivity contribution in [2.45, 2.75) is 52.7 Å². The van der Waals surface area contributed by atoms with Gasteiger partial charge in [0.15, 0.2) is 0 Å². The number of carbonyl (C=O) groups is 2. The van der Waals surface area contributed by atoms with Crippen molar-refractivity contribution in [3.05, 3.63) is 58.6 Å². The molecule has 0 saturated heterocycles. The molecule has 2 atom stereocenters. The highest BCUT2D eigenvalue weighted by Gasteiger charge is 2.31. The molecule has 10 heteroatoms. The molecular weight excluding hydrogens is 534 g/mol. The quantitative estimate of drug-likeness (QED) is 0.419. The first-order chi connectivity index (χ1) is 16.5. The minimum Gasteiger partial charge on any atom is -0.492 e. The Hall–Kier alpha value is -2.59. The molecule has 2 aromatic carbocycles. The van der Waals surface area contributed by atoms with Crippen LogP contribution in [0, 0.1) is 0 Å². The number of carbonyl (C=O) groups excluding carboxylic acids is 2. The number of nitrogens with zero attached hydrogens (tertiary/aromatic N) is 2. The van der Waals surface area contributed by atoms with E-state index >= 15 is 0 Å². The van der Waals surface area contributed by atoms with Gasteiger partial charge in [0.1, 0.15) is 18.3 Å². The van der Waals surface area contributed by atoms with E-state index in [0.29, 0.717) is 12.4 Å². The second-order valence-corrected chi connectivity index (χ2v) is 11.1. The zero-order chi connectivity index (χ0) is 26.2. The lowest BCUT2D eigenvalue weighted by Gasteiger charge is -2.32. The number of rotatable bonds is 12. The van der Waals surface area contributed by atoms with Gasteiger partial charge in [0.05, 0.1) is 18.6 Å². The third-order valence-corrected chi connectivity index (χ3v) is 7.20. The molecule has 0 radical (unpaired) electrons. The van der Waals surface area contributed by atoms with Crippen LogP contribution in [0.25, 0.3) is 0 Å². The van der Waals surface area contributed by atoms with Crippen LogP contribution in [0.3, 0.4) is 0 Å². The highest BCUT2D eigenvalue weighted by atomic mass is 79.9. The molecule has 8 nitrogen and oxygen atoms in total. The van der Waals surface area contributed by atoms with Crippen molar-refractivity contribution in [3.8, 4) is 5.75 Å². The lowest BCUT2D eigenvalue weighted by molar-refractivity contribution is -0.139. The molecule has 0 aliphatic carbocycles. The van der Waals surface area contributed by atoms with Crippen LogP contribution in [0.5, 0.6) is 5.75 Å². The minimum absolute atomic E-state index is 0.0554. The highest BCUT2D eigenvalue weighted by Crippen LogP contribution is 2.30. The van der Waals surface area contributed by atoms with E-state index in [4.69, 9.17) is 4.74 Å². The summed E-state index contributed by atoms with van der Waals surface area (Å²) in [5.74, 6) is -0.447. The zero-order valence-corrected chi connectivity index (χ0v) is 23.2. The molecule has 0 heterocycles. The summed E-state index contributed by atoms with van der Waals surface area (Å²) in [6, 6.07) is 13.2. The Bertz CT molecular complexity index is 1110. The van der Waals surface area contributed by atoms with Crippen molar-refractivity contribution < 1.29 is 22.7 Å². The fraction of sp³-hybridized carbons (Fsp3) is 0.440. The lowest BCUT2D eigenvalue weighted by atomic mass is 10.1. The average Bonchev–Trinajstić information content (AvgIpc) is 2.81. The number of nitrogens with one attached hydrogen (secondary N) is 1. The van der Waals surface area contributed by atoms with Crippen molar-refractivity contribution in [3.63, 3.8) is 0 Å². The Kier molecular flexibility index (Phi) is 10.6. The van der Waals surface area contributed by atoms with Crippen molar-refractivity contribution in [1.29, 1.82) is 0 Å². The topological polar surface area (TPSA) is 96.0 Å². The Balaban J connectivity index is 2.42. The van der Waals surface area contributed by atoms with E-state index in [1.807, 2.05) is 38.1 Å². The van der Waals surface area contributed by atoms with Gasteiger partial charge in [-0.15, -0.1) is 0 Å². The molecule has 0 unspecified atom stereocenters. The number of hydrogen-bond acceptors (Lipinski definition) is 5. The second kappa shape index (κ2) is 12.9. The molecule has 2 aromatic rings. The lowest BCUT2D eigenvalue weighted by Crippen LogP contribution is -2.52. The van der Waals surface area contributed by atoms with E-state index in [9.17, 15) is 18.0 Å². The van der Waals surface area contributed by atoms with Gasteiger partial charge in [-0.25, -0.2) is 8.42 Å². The number of halogens is 1. The van der Waals surface area contributed by atoms with Gasteiger partial charge >= 0.3 is 0 Å². The SMILES string of the molecule is CCOc1ccccc1N(CC(=O)N(Cc1ccc(Br)cc1)[C@@H](C)C(=O)N[C@@H](C)CC)S(C)(=O)=O. The molecule has 0 spiro atoms. The summed E-state index contributed by atoms with van der Waals surface area (Å²) in [6.45, 7) is 7.30. The summed E-state index contributed by atoms with van der Waals surface area (Å²) < 4.78 is 33.0. The summed E-state index contributed by atoms with van der Waals surface area (Å²) in [5, 5.41) is 2.91. The predicted octanol–water partition coefficient (Wildman–Crippen LogP) is 3.95. The van der Waals surface area contributed by atoms with Gasteiger partial charge in [-0.2, -0.15) is 0 Å². The average molecular weight is 569 g/mol. The largest absolute Gasteiger partial charge is 0.492 e. The summed E-state index contributed by atoms with van der Waals surface area (Å²) in [7, 11) is -3.84. The van der Waals surface area contributed by atoms with Crippen molar-refractivity contribution >= 4 is 43.5 Å². The number of anilines is 1. The number of para-hydroxylation sites is 2. The van der Waals surface area contributed by atoms with E-state index in [1.165, 1.54) is 4.90 Å². The van der Waals surface area contributed by atoms with Crippen LogP contribution in [0.1, 0.15) is 39.7 Å². The molecule has 0 aliphatic heterocycles. The fourth-order valence-electron chi connectivity index (χ4n) is 3.37. The Morgan fingerprint density at radius 3 is 2.26 bits per heavy atom. The van der Waals surface area contributed by atoms with Crippen LogP contribution < -0.4 is 14.4 Å². The summed E-state index contributed by atoms with van der Waals surface area (Å²) in [5.41, 5.74) is 1.08. The molecule has 2 rings (SSSR count). The van der Waals surface area contributed by atoms with Crippen LogP contribution in [0.15, 0.2) is 53.0 Å². The van der Waals surface area contributed by atoms with Gasteiger partial charge in [-0.05, 0) is 57.0 Å². The predicted molar refractivity (Wildman–Crippen MR) is 142 cm³/mol. The summed E-state index contributed by atoms with van der Waals surface area (Å²) >= 11 is 3.40. The monoisotopic (exact) mass is 567 g/mol. The van der Waals surface area contributed by atoms with Gasteiger partial charge in [-0.3, -0.25) is 13.9 Å². The molecule has 0 bridgehead atoms. The maximum absolute atomic E-state index is 13.6. The van der Waals surface area contributed by atoms with E-state index in [-0.39, 0.29) is 24.2 Å². The molecule has 0 saturated carbocycles. The second-order valence-electron chi connectivity index (χ2n) is 8.31. The molecule has 0 fully saturated rings. The molecule has 35 heavy (non-hydrogen) atoms. The third kappa shape index (κ3) is 8.24. The Morgan fingerprint density at radius 1 is 1.06 bits per heavy atom. The number of sulfonamides is 1. The van der Waals surface area contributed by atoms with Gasteiger partial charge in [0.2, 0.25) is 21.8 Å². The minimum atomic E-state index is -3.84. The number of amides is 2. The first kappa shape index (κ1) is 28.6. The van der Waals surface area contributed by atoms with E-state index in [2.05, 4.69) is 21.2 Å². The molecular formula is C25H34BrN3O5S. The normalized spacial score (nSPS) is 13.0. The number of benzene rings is 2. The van der Waals surface area contributed by atoms with Crippen LogP contribution in [-0.4, -0.2) is 56.6 Å². The van der Waals surface area contributed by atoms with Crippen LogP contribution in [-0.2, 0) is 26.2 Å². The van der Waals surface area contributed by atoms with E-state index in [1.54, 1.807) is 38.1 Å². The third-order valence-electron chi connectivity index (χ3n) is 5.55. The smallest absolute Gasteiger partial charge is 0.244 e. The molecule has 0 aliphatic rings. The van der Waals surface area contributed by atoms with E-state index in [0.717, 1.165) is 27.0 Å². The molecule has 0 aromatic heterocycles. The van der Waals surface area contributed by atoms with Crippen LogP contribution in [0.2, 0.25) is 0 Å². The highest BCUT2D eigenvalue weighted by molar-refractivity contribution is 9.10. The van der Waals surface area contributed by atoms with Crippen LogP contribution in [0.4, 0.5) is 5.69 Å². The Morgan fingerprint density at radius 2 is 1.69 bits per heavy atom. The summed E-state index contributed by atoms with van der Waals surface area (Å²) in [4.78, 5) is 27.9. The first-order valence-electron chi connectivity index (χ1n) is 11.5. The van der Waals surface area contributed by atoms with E-state index < -0.39 is 28.5 Å². The molecule has 192 valence electrons. The van der Waals surface area contributed by atoms with Gasteiger partial charge in [-0.1, -0.05) is 47.1 Å². The van der Waals surface area contributed by atoms with Gasteiger partial charge < -0.3 is 15.0 Å². The van der Waals surface area contributed by atoms with Crippen molar-refractivity contribution in [1.82, 2.24) is 10.2 Å². The van der Waals surface area contributed by atoms with Crippen LogP contribution >= 0.6 is 15.9 Å². The number of hydrogen-bond donors (Lipinski definition) is 1. The Labute approximate surface area is 216 Å². The maximum Gasteiger partial charge on any atom is 0.244 e. The van der Waals surface area contributed by atoms with Crippen molar-refractivity contribution in [2.24, 2.45) is 0 Å². The zero-order valence-electron chi connectivity index (χ0n) is 20.8. The van der Waals surface area contributed by atoms with Gasteiger partial charge in [0, 0.05) is 17.1 Å². The fourth-order valence-corrected chi connectivity index (χ4v) is 4.49. The first-order valence-corrected chi connectivity index (χ1v) is 14.2. The maximum atomic E-state index is 13.6. The standard InChI is InChI=1S/C25H34BrN3O5S/c1-6-18(3)27-25(31)19(4)28(16-20-12-14-21(26)15-13-20)24(30)17-29(35(5,32)33)22-10-8-9-11-23(22)34-7-2/h8-15,18-19H,6-7,16-17H2,1-5H3,(H,27,31)/t18-,19-/m0/s1. The number of ether oxygens (including phenoxy) is 1. The van der Waals surface area contributed by atoms with Gasteiger partial charge in [0.25, 0.3) is 0 Å². The van der Waals surface area contributed by atoms with Crippen molar-refractivity contribution in [2.75, 3.05) is 23.7 Å².